The normalized spacial score (nSPS) is 8.67. The molecule has 1 heterocycles. The van der Waals surface area contributed by atoms with Crippen LogP contribution in [0.25, 0.3) is 0 Å². The Balaban J connectivity index is 3.05. The average molecular weight is 82.1 g/mol. The van der Waals surface area contributed by atoms with E-state index < -0.39 is 0 Å². The fourth-order valence-electron chi connectivity index (χ4n) is 0.238. The molecule has 6 heavy (non-hydrogen) atoms. The molecule has 0 spiro atoms. The van der Waals surface area contributed by atoms with Crippen LogP contribution in [0.4, 0.5) is 0 Å². The predicted octanol–water partition coefficient (Wildman–Crippen LogP) is -0.603. The van der Waals surface area contributed by atoms with Crippen molar-refractivity contribution in [1.82, 2.24) is 9.66 Å². The lowest BCUT2D eigenvalue weighted by Crippen LogP contribution is -2.03. The highest BCUT2D eigenvalue weighted by Crippen LogP contribution is 1.68. The van der Waals surface area contributed by atoms with E-state index in [2.05, 4.69) is 11.3 Å². The van der Waals surface area contributed by atoms with Crippen LogP contribution in [0.5, 0.6) is 0 Å². The molecule has 0 amide bonds. The molecule has 31 valence electrons. The summed E-state index contributed by atoms with van der Waals surface area (Å²) >= 11 is 0. The van der Waals surface area contributed by atoms with Crippen LogP contribution in [0.2, 0.25) is 0 Å². The average Bonchev–Trinajstić information content (AvgIpc) is 1.86. The summed E-state index contributed by atoms with van der Waals surface area (Å²) in [5.41, 5.74) is 0. The summed E-state index contributed by atoms with van der Waals surface area (Å²) < 4.78 is 1.26. The van der Waals surface area contributed by atoms with E-state index in [0.717, 1.165) is 0 Å². The monoisotopic (exact) mass is 82.0 g/mol. The van der Waals surface area contributed by atoms with E-state index >= 15 is 0 Å². The number of nitrogens with zero attached hydrogens (tertiary/aromatic N) is 2. The van der Waals surface area contributed by atoms with Crippen LogP contribution >= 0.6 is 0 Å². The summed E-state index contributed by atoms with van der Waals surface area (Å²) in [7, 11) is 0. The van der Waals surface area contributed by atoms with Gasteiger partial charge in [0.25, 0.3) is 0 Å². The van der Waals surface area contributed by atoms with E-state index in [0.29, 0.717) is 0 Å². The molecule has 1 radical (unpaired) electrons. The SMILES string of the molecule is Nn1[c]ncc1. The van der Waals surface area contributed by atoms with Crippen LogP contribution < -0.4 is 5.84 Å². The molecule has 0 saturated heterocycles. The number of nitrogens with two attached hydrogens (primary N) is 1. The van der Waals surface area contributed by atoms with Crippen molar-refractivity contribution in [2.24, 2.45) is 0 Å². The lowest BCUT2D eigenvalue weighted by Gasteiger charge is -1.77. The molecular weight excluding hydrogens is 78.1 g/mol. The van der Waals surface area contributed by atoms with Gasteiger partial charge < -0.3 is 5.84 Å². The Hall–Kier alpha value is -0.990. The molecule has 2 N–H and O–H groups in total. The maximum Gasteiger partial charge on any atom is 0.196 e. The third kappa shape index (κ3) is 0.337. The van der Waals surface area contributed by atoms with Crippen molar-refractivity contribution in [1.29, 1.82) is 0 Å². The molecule has 0 unspecified atom stereocenters. The van der Waals surface area contributed by atoms with Gasteiger partial charge in [-0.1, -0.05) is 0 Å². The van der Waals surface area contributed by atoms with Crippen molar-refractivity contribution in [3.8, 4) is 0 Å². The van der Waals surface area contributed by atoms with E-state index in [1.807, 2.05) is 0 Å². The molecule has 0 aliphatic carbocycles. The number of aromatic nitrogens is 2. The van der Waals surface area contributed by atoms with Gasteiger partial charge in [-0.15, -0.1) is 0 Å². The lowest BCUT2D eigenvalue weighted by molar-refractivity contribution is 0.987. The molecule has 0 aliphatic heterocycles. The number of nitrogen functional groups attached to an aromatic ring is 1. The second-order valence-corrected chi connectivity index (χ2v) is 0.935. The molecule has 1 aromatic rings. The molecule has 0 aromatic carbocycles. The molecule has 1 aromatic heterocycles. The van der Waals surface area contributed by atoms with Gasteiger partial charge in [0.2, 0.25) is 0 Å². The molecule has 1 rings (SSSR count). The smallest absolute Gasteiger partial charge is 0.196 e. The van der Waals surface area contributed by atoms with Gasteiger partial charge in [-0.05, 0) is 0 Å². The van der Waals surface area contributed by atoms with E-state index in [-0.39, 0.29) is 0 Å². The van der Waals surface area contributed by atoms with Gasteiger partial charge in [0, 0.05) is 12.4 Å². The van der Waals surface area contributed by atoms with Gasteiger partial charge in [-0.2, -0.15) is 0 Å². The van der Waals surface area contributed by atoms with E-state index in [1.54, 1.807) is 12.4 Å². The Labute approximate surface area is 35.4 Å². The van der Waals surface area contributed by atoms with Crippen LogP contribution in [-0.2, 0) is 0 Å². The molecular formula is C3H4N3. The summed E-state index contributed by atoms with van der Waals surface area (Å²) in [4.78, 5) is 3.53. The first kappa shape index (κ1) is 3.21. The maximum absolute atomic E-state index is 5.08. The maximum atomic E-state index is 5.08. The van der Waals surface area contributed by atoms with Crippen LogP contribution in [0, 0.1) is 6.33 Å². The molecule has 0 aliphatic rings. The molecule has 0 atom stereocenters. The Morgan fingerprint density at radius 3 is 2.83 bits per heavy atom. The zero-order chi connectivity index (χ0) is 4.41. The summed E-state index contributed by atoms with van der Waals surface area (Å²) in [5, 5.41) is 0. The van der Waals surface area contributed by atoms with Gasteiger partial charge >= 0.3 is 0 Å². The number of rotatable bonds is 0. The topological polar surface area (TPSA) is 43.8 Å². The van der Waals surface area contributed by atoms with Gasteiger partial charge in [0.1, 0.15) is 0 Å². The number of imidazole rings is 1. The van der Waals surface area contributed by atoms with Crippen LogP contribution in [0.3, 0.4) is 0 Å². The minimum atomic E-state index is 1.26. The first-order valence-electron chi connectivity index (χ1n) is 1.56. The van der Waals surface area contributed by atoms with Crippen molar-refractivity contribution >= 4 is 0 Å². The van der Waals surface area contributed by atoms with Crippen molar-refractivity contribution in [3.05, 3.63) is 18.7 Å². The molecule has 3 nitrogen and oxygen atoms in total. The summed E-state index contributed by atoms with van der Waals surface area (Å²) in [6.45, 7) is 0. The first-order chi connectivity index (χ1) is 2.89. The minimum absolute atomic E-state index is 1.26. The number of hydrogen-bond donors (Lipinski definition) is 1. The molecule has 3 heteroatoms. The third-order valence-corrected chi connectivity index (χ3v) is 0.475. The highest BCUT2D eigenvalue weighted by atomic mass is 15.3. The van der Waals surface area contributed by atoms with Crippen LogP contribution in [0.15, 0.2) is 12.4 Å². The lowest BCUT2D eigenvalue weighted by atomic mass is 11.0. The summed E-state index contributed by atoms with van der Waals surface area (Å²) in [5.74, 6) is 5.08. The van der Waals surface area contributed by atoms with Gasteiger partial charge in [0.05, 0.1) is 0 Å². The number of hydrogen-bond acceptors (Lipinski definition) is 2. The Kier molecular flexibility index (Phi) is 0.538. The van der Waals surface area contributed by atoms with Crippen molar-refractivity contribution in [2.45, 2.75) is 0 Å². The first-order valence-corrected chi connectivity index (χ1v) is 1.56. The summed E-state index contributed by atoms with van der Waals surface area (Å²) in [6.07, 6.45) is 5.62. The highest BCUT2D eigenvalue weighted by molar-refractivity contribution is 4.70. The van der Waals surface area contributed by atoms with Crippen LogP contribution in [-0.4, -0.2) is 9.66 Å². The largest absolute Gasteiger partial charge is 0.338 e. The molecule has 0 fully saturated rings. The van der Waals surface area contributed by atoms with Gasteiger partial charge in [-0.3, -0.25) is 0 Å². The third-order valence-electron chi connectivity index (χ3n) is 0.475. The second kappa shape index (κ2) is 1.01. The highest BCUT2D eigenvalue weighted by Gasteiger charge is 1.71. The van der Waals surface area contributed by atoms with E-state index in [9.17, 15) is 0 Å². The Morgan fingerprint density at radius 1 is 1.83 bits per heavy atom. The molecule has 0 saturated carbocycles. The van der Waals surface area contributed by atoms with Crippen molar-refractivity contribution < 1.29 is 0 Å². The molecule has 0 bridgehead atoms. The summed E-state index contributed by atoms with van der Waals surface area (Å²) in [6, 6.07) is 0. The standard InChI is InChI=1S/C3H4N3/c4-6-2-1-5-3-6/h1-2H,4H2. The Bertz CT molecular complexity index is 110. The zero-order valence-electron chi connectivity index (χ0n) is 3.13. The fraction of sp³-hybridized carbons (Fsp3) is 0. The van der Waals surface area contributed by atoms with Crippen LogP contribution in [0.1, 0.15) is 0 Å². The fourth-order valence-corrected chi connectivity index (χ4v) is 0.238. The second-order valence-electron chi connectivity index (χ2n) is 0.935. The Morgan fingerprint density at radius 2 is 2.67 bits per heavy atom. The van der Waals surface area contributed by atoms with Gasteiger partial charge in [0.15, 0.2) is 6.33 Å². The van der Waals surface area contributed by atoms with E-state index in [4.69, 9.17) is 5.84 Å². The van der Waals surface area contributed by atoms with Crippen molar-refractivity contribution in [2.75, 3.05) is 5.84 Å². The predicted molar refractivity (Wildman–Crippen MR) is 21.2 cm³/mol. The van der Waals surface area contributed by atoms with E-state index in [1.165, 1.54) is 4.68 Å². The zero-order valence-corrected chi connectivity index (χ0v) is 3.13. The minimum Gasteiger partial charge on any atom is -0.338 e. The van der Waals surface area contributed by atoms with Crippen molar-refractivity contribution in [3.63, 3.8) is 0 Å². The quantitative estimate of drug-likeness (QED) is 0.424. The van der Waals surface area contributed by atoms with Gasteiger partial charge in [-0.25, -0.2) is 9.66 Å².